The van der Waals surface area contributed by atoms with E-state index in [-0.39, 0.29) is 12.1 Å². The van der Waals surface area contributed by atoms with Crippen molar-refractivity contribution < 1.29 is 0 Å². The van der Waals surface area contributed by atoms with Gasteiger partial charge in [-0.25, -0.2) is 0 Å². The molecule has 0 heterocycles. The average Bonchev–Trinajstić information content (AvgIpc) is 2.21. The molecule has 18 heavy (non-hydrogen) atoms. The fourth-order valence-corrected chi connectivity index (χ4v) is 1.86. The molecular formula is C13H19Cl2N3. The molecule has 0 aliphatic rings. The van der Waals surface area contributed by atoms with Gasteiger partial charge in [0.2, 0.25) is 0 Å². The summed E-state index contributed by atoms with van der Waals surface area (Å²) >= 11 is 12.2. The maximum atomic E-state index is 6.12. The van der Waals surface area contributed by atoms with Crippen LogP contribution < -0.4 is 10.6 Å². The number of para-hydroxylation sites is 1. The lowest BCUT2D eigenvalue weighted by Gasteiger charge is -2.17. The zero-order valence-electron chi connectivity index (χ0n) is 11.1. The number of guanidine groups is 1. The highest BCUT2D eigenvalue weighted by Gasteiger charge is 2.09. The van der Waals surface area contributed by atoms with Gasteiger partial charge in [-0.05, 0) is 39.8 Å². The Morgan fingerprint density at radius 2 is 1.67 bits per heavy atom. The third-order valence-corrected chi connectivity index (χ3v) is 2.65. The molecule has 0 aromatic heterocycles. The van der Waals surface area contributed by atoms with Gasteiger partial charge in [0.15, 0.2) is 5.96 Å². The number of anilines is 1. The summed E-state index contributed by atoms with van der Waals surface area (Å²) < 4.78 is 0. The van der Waals surface area contributed by atoms with E-state index >= 15 is 0 Å². The van der Waals surface area contributed by atoms with Gasteiger partial charge in [0.1, 0.15) is 0 Å². The maximum absolute atomic E-state index is 6.12. The average molecular weight is 288 g/mol. The third kappa shape index (κ3) is 4.75. The van der Waals surface area contributed by atoms with Crippen LogP contribution in [0.25, 0.3) is 0 Å². The Kier molecular flexibility index (Phi) is 5.76. The molecule has 100 valence electrons. The topological polar surface area (TPSA) is 36.4 Å². The summed E-state index contributed by atoms with van der Waals surface area (Å²) in [7, 11) is 0. The highest BCUT2D eigenvalue weighted by atomic mass is 35.5. The highest BCUT2D eigenvalue weighted by Crippen LogP contribution is 2.29. The molecule has 3 nitrogen and oxygen atoms in total. The number of hydrogen-bond acceptors (Lipinski definition) is 1. The van der Waals surface area contributed by atoms with Crippen LogP contribution in [0.2, 0.25) is 10.0 Å². The minimum Gasteiger partial charge on any atom is -0.354 e. The van der Waals surface area contributed by atoms with Crippen molar-refractivity contribution in [3.8, 4) is 0 Å². The van der Waals surface area contributed by atoms with E-state index in [4.69, 9.17) is 23.2 Å². The van der Waals surface area contributed by atoms with Crippen LogP contribution in [-0.2, 0) is 0 Å². The van der Waals surface area contributed by atoms with Crippen LogP contribution in [0.1, 0.15) is 27.7 Å². The van der Waals surface area contributed by atoms with Gasteiger partial charge in [-0.3, -0.25) is 4.99 Å². The van der Waals surface area contributed by atoms with E-state index in [9.17, 15) is 0 Å². The third-order valence-electron chi connectivity index (χ3n) is 2.02. The minimum atomic E-state index is 0.181. The zero-order chi connectivity index (χ0) is 13.7. The van der Waals surface area contributed by atoms with Crippen molar-refractivity contribution in [1.29, 1.82) is 0 Å². The Bertz CT molecular complexity index is 408. The molecule has 0 bridgehead atoms. The molecule has 0 aliphatic carbocycles. The second-order valence-corrected chi connectivity index (χ2v) is 5.41. The van der Waals surface area contributed by atoms with E-state index in [1.807, 2.05) is 33.8 Å². The van der Waals surface area contributed by atoms with E-state index in [0.29, 0.717) is 21.7 Å². The first-order valence-corrected chi connectivity index (χ1v) is 6.71. The molecule has 0 unspecified atom stereocenters. The first kappa shape index (κ1) is 15.1. The number of benzene rings is 1. The van der Waals surface area contributed by atoms with E-state index in [0.717, 1.165) is 0 Å². The smallest absolute Gasteiger partial charge is 0.196 e. The number of aliphatic imine (C=N–C) groups is 1. The predicted molar refractivity (Wildman–Crippen MR) is 80.9 cm³/mol. The van der Waals surface area contributed by atoms with Gasteiger partial charge in [0.25, 0.3) is 0 Å². The molecule has 0 spiro atoms. The number of nitrogens with zero attached hydrogens (tertiary/aromatic N) is 1. The Balaban J connectivity index is 2.96. The van der Waals surface area contributed by atoms with E-state index < -0.39 is 0 Å². The Labute approximate surface area is 119 Å². The van der Waals surface area contributed by atoms with Crippen LogP contribution in [0.5, 0.6) is 0 Å². The van der Waals surface area contributed by atoms with Crippen molar-refractivity contribution in [2.75, 3.05) is 5.32 Å². The maximum Gasteiger partial charge on any atom is 0.196 e. The number of hydrogen-bond donors (Lipinski definition) is 2. The van der Waals surface area contributed by atoms with Crippen LogP contribution in [0.15, 0.2) is 23.2 Å². The molecule has 0 atom stereocenters. The SMILES string of the molecule is CC(C)N=C(Nc1c(Cl)cccc1Cl)NC(C)C. The molecule has 0 saturated carbocycles. The molecule has 1 aromatic carbocycles. The van der Waals surface area contributed by atoms with Crippen LogP contribution >= 0.6 is 23.2 Å². The van der Waals surface area contributed by atoms with E-state index in [1.165, 1.54) is 0 Å². The standard InChI is InChI=1S/C13H19Cl2N3/c1-8(2)16-13(17-9(3)4)18-12-10(14)6-5-7-11(12)15/h5-9H,1-4H3,(H2,16,17,18). The summed E-state index contributed by atoms with van der Waals surface area (Å²) in [4.78, 5) is 4.47. The lowest BCUT2D eigenvalue weighted by atomic mass is 10.3. The number of rotatable bonds is 3. The summed E-state index contributed by atoms with van der Waals surface area (Å²) in [6.45, 7) is 8.12. The second-order valence-electron chi connectivity index (χ2n) is 4.59. The monoisotopic (exact) mass is 287 g/mol. The van der Waals surface area contributed by atoms with Gasteiger partial charge in [0, 0.05) is 12.1 Å². The largest absolute Gasteiger partial charge is 0.354 e. The van der Waals surface area contributed by atoms with E-state index in [1.54, 1.807) is 12.1 Å². The molecule has 1 rings (SSSR count). The molecule has 0 radical (unpaired) electrons. The summed E-state index contributed by atoms with van der Waals surface area (Å²) in [5.74, 6) is 0.676. The molecule has 0 fully saturated rings. The molecule has 1 aromatic rings. The fraction of sp³-hybridized carbons (Fsp3) is 0.462. The van der Waals surface area contributed by atoms with Gasteiger partial charge in [-0.1, -0.05) is 29.3 Å². The molecule has 2 N–H and O–H groups in total. The van der Waals surface area contributed by atoms with Crippen molar-refractivity contribution >= 4 is 34.8 Å². The van der Waals surface area contributed by atoms with Crippen molar-refractivity contribution in [1.82, 2.24) is 5.32 Å². The lowest BCUT2D eigenvalue weighted by molar-refractivity contribution is 0.717. The lowest BCUT2D eigenvalue weighted by Crippen LogP contribution is -2.36. The van der Waals surface area contributed by atoms with Crippen molar-refractivity contribution in [2.45, 2.75) is 39.8 Å². The highest BCUT2D eigenvalue weighted by molar-refractivity contribution is 6.39. The minimum absolute atomic E-state index is 0.181. The Morgan fingerprint density at radius 1 is 1.11 bits per heavy atom. The molecule has 5 heteroatoms. The first-order chi connectivity index (χ1) is 8.40. The molecular weight excluding hydrogens is 269 g/mol. The van der Waals surface area contributed by atoms with E-state index in [2.05, 4.69) is 15.6 Å². The van der Waals surface area contributed by atoms with Gasteiger partial charge < -0.3 is 10.6 Å². The first-order valence-electron chi connectivity index (χ1n) is 5.95. The summed E-state index contributed by atoms with van der Waals surface area (Å²) in [5, 5.41) is 7.54. The van der Waals surface area contributed by atoms with Crippen molar-refractivity contribution in [3.05, 3.63) is 28.2 Å². The number of halogens is 2. The van der Waals surface area contributed by atoms with Gasteiger partial charge in [0.05, 0.1) is 15.7 Å². The normalized spacial score (nSPS) is 12.1. The number of nitrogens with one attached hydrogen (secondary N) is 2. The second kappa shape index (κ2) is 6.86. The van der Waals surface area contributed by atoms with Crippen molar-refractivity contribution in [2.24, 2.45) is 4.99 Å². The summed E-state index contributed by atoms with van der Waals surface area (Å²) in [6.07, 6.45) is 0. The fourth-order valence-electron chi connectivity index (χ4n) is 1.37. The van der Waals surface area contributed by atoms with Crippen LogP contribution in [0.3, 0.4) is 0 Å². The molecule has 0 saturated heterocycles. The summed E-state index contributed by atoms with van der Waals surface area (Å²) in [6, 6.07) is 5.85. The Hall–Kier alpha value is -0.930. The van der Waals surface area contributed by atoms with Gasteiger partial charge >= 0.3 is 0 Å². The summed E-state index contributed by atoms with van der Waals surface area (Å²) in [5.41, 5.74) is 0.674. The zero-order valence-corrected chi connectivity index (χ0v) is 12.6. The van der Waals surface area contributed by atoms with Gasteiger partial charge in [-0.15, -0.1) is 0 Å². The molecule has 0 amide bonds. The van der Waals surface area contributed by atoms with Crippen LogP contribution in [0.4, 0.5) is 5.69 Å². The van der Waals surface area contributed by atoms with Crippen molar-refractivity contribution in [3.63, 3.8) is 0 Å². The molecule has 0 aliphatic heterocycles. The van der Waals surface area contributed by atoms with Crippen LogP contribution in [0, 0.1) is 0 Å². The predicted octanol–water partition coefficient (Wildman–Crippen LogP) is 4.17. The Morgan fingerprint density at radius 3 is 2.11 bits per heavy atom. The quantitative estimate of drug-likeness (QED) is 0.647. The van der Waals surface area contributed by atoms with Gasteiger partial charge in [-0.2, -0.15) is 0 Å². The van der Waals surface area contributed by atoms with Crippen LogP contribution in [-0.4, -0.2) is 18.0 Å².